The highest BCUT2D eigenvalue weighted by atomic mass is 32.1. The van der Waals surface area contributed by atoms with Crippen LogP contribution in [0.1, 0.15) is 22.9 Å². The fourth-order valence-corrected chi connectivity index (χ4v) is 2.61. The van der Waals surface area contributed by atoms with Gasteiger partial charge in [-0.05, 0) is 13.0 Å². The summed E-state index contributed by atoms with van der Waals surface area (Å²) in [5, 5.41) is 5.83. The summed E-state index contributed by atoms with van der Waals surface area (Å²) >= 11 is 1.59. The Morgan fingerprint density at radius 1 is 1.55 bits per heavy atom. The Morgan fingerprint density at radius 2 is 2.40 bits per heavy atom. The van der Waals surface area contributed by atoms with Gasteiger partial charge >= 0.3 is 0 Å². The van der Waals surface area contributed by atoms with Crippen LogP contribution >= 0.6 is 11.3 Å². The molecule has 20 heavy (non-hydrogen) atoms. The van der Waals surface area contributed by atoms with Crippen LogP contribution in [0.2, 0.25) is 0 Å². The number of hydrogen-bond donors (Lipinski definition) is 2. The molecule has 0 aromatic carbocycles. The maximum absolute atomic E-state index is 11.8. The summed E-state index contributed by atoms with van der Waals surface area (Å²) in [6.07, 6.45) is 5.69. The van der Waals surface area contributed by atoms with E-state index in [1.807, 2.05) is 23.2 Å². The van der Waals surface area contributed by atoms with Crippen molar-refractivity contribution in [3.63, 3.8) is 0 Å². The van der Waals surface area contributed by atoms with E-state index in [4.69, 9.17) is 5.73 Å². The van der Waals surface area contributed by atoms with Crippen LogP contribution in [-0.4, -0.2) is 27.0 Å². The highest BCUT2D eigenvalue weighted by Crippen LogP contribution is 2.12. The van der Waals surface area contributed by atoms with Gasteiger partial charge in [-0.25, -0.2) is 9.97 Å². The van der Waals surface area contributed by atoms with Gasteiger partial charge < -0.3 is 15.6 Å². The van der Waals surface area contributed by atoms with Gasteiger partial charge in [0, 0.05) is 31.2 Å². The first-order chi connectivity index (χ1) is 9.69. The molecule has 0 fully saturated rings. The number of imidazole rings is 1. The molecule has 2 aromatic heterocycles. The number of amides is 1. The van der Waals surface area contributed by atoms with Crippen LogP contribution in [0.4, 0.5) is 0 Å². The lowest BCUT2D eigenvalue weighted by Crippen LogP contribution is -2.26. The van der Waals surface area contributed by atoms with Crippen molar-refractivity contribution in [3.8, 4) is 0 Å². The van der Waals surface area contributed by atoms with Crippen LogP contribution in [0.5, 0.6) is 0 Å². The number of nitrogens with zero attached hydrogens (tertiary/aromatic N) is 3. The summed E-state index contributed by atoms with van der Waals surface area (Å²) in [7, 11) is 1.90. The van der Waals surface area contributed by atoms with E-state index in [9.17, 15) is 4.79 Å². The van der Waals surface area contributed by atoms with Gasteiger partial charge in [-0.1, -0.05) is 0 Å². The van der Waals surface area contributed by atoms with E-state index >= 15 is 0 Å². The minimum atomic E-state index is -0.0383. The fourth-order valence-electron chi connectivity index (χ4n) is 1.77. The molecular weight excluding hydrogens is 274 g/mol. The molecule has 0 saturated heterocycles. The number of hydrogen-bond acceptors (Lipinski definition) is 5. The number of carbonyl (C=O) groups excluding carboxylic acids is 1. The molecule has 0 aliphatic carbocycles. The first-order valence-corrected chi connectivity index (χ1v) is 7.43. The molecule has 2 aromatic rings. The number of nitrogens with one attached hydrogen (secondary N) is 1. The third-order valence-corrected chi connectivity index (χ3v) is 3.86. The lowest BCUT2D eigenvalue weighted by Gasteiger charge is -2.04. The van der Waals surface area contributed by atoms with Gasteiger partial charge in [-0.2, -0.15) is 0 Å². The van der Waals surface area contributed by atoms with E-state index < -0.39 is 0 Å². The molecule has 0 saturated carbocycles. The minimum absolute atomic E-state index is 0.0383. The van der Waals surface area contributed by atoms with Crippen LogP contribution in [-0.2, 0) is 31.2 Å². The van der Waals surface area contributed by atoms with Crippen LogP contribution in [0.15, 0.2) is 17.8 Å². The zero-order valence-corrected chi connectivity index (χ0v) is 12.3. The molecule has 6 nitrogen and oxygen atoms in total. The van der Waals surface area contributed by atoms with Crippen molar-refractivity contribution in [2.45, 2.75) is 25.8 Å². The van der Waals surface area contributed by atoms with Gasteiger partial charge in [0.25, 0.3) is 0 Å². The van der Waals surface area contributed by atoms with Crippen LogP contribution in [0.25, 0.3) is 0 Å². The van der Waals surface area contributed by atoms with Crippen molar-refractivity contribution < 1.29 is 4.79 Å². The van der Waals surface area contributed by atoms with Gasteiger partial charge in [0.2, 0.25) is 5.91 Å². The number of aromatic nitrogens is 3. The minimum Gasteiger partial charge on any atom is -0.349 e. The van der Waals surface area contributed by atoms with Crippen LogP contribution < -0.4 is 11.1 Å². The zero-order chi connectivity index (χ0) is 14.4. The summed E-state index contributed by atoms with van der Waals surface area (Å²) in [6, 6.07) is 0. The molecule has 108 valence electrons. The number of thiazole rings is 1. The maximum atomic E-state index is 11.8. The molecular formula is C13H19N5OS. The number of carbonyl (C=O) groups is 1. The third kappa shape index (κ3) is 4.14. The summed E-state index contributed by atoms with van der Waals surface area (Å²) in [4.78, 5) is 20.4. The quantitative estimate of drug-likeness (QED) is 0.784. The first kappa shape index (κ1) is 14.7. The molecule has 0 aliphatic rings. The monoisotopic (exact) mass is 293 g/mol. The number of nitrogens with two attached hydrogens (primary N) is 1. The molecule has 0 atom stereocenters. The largest absolute Gasteiger partial charge is 0.349 e. The average molecular weight is 293 g/mol. The molecule has 2 heterocycles. The smallest absolute Gasteiger partial charge is 0.226 e. The molecule has 1 amide bonds. The second kappa shape index (κ2) is 7.16. The normalized spacial score (nSPS) is 10.7. The Morgan fingerprint density at radius 3 is 3.10 bits per heavy atom. The maximum Gasteiger partial charge on any atom is 0.226 e. The third-order valence-electron chi connectivity index (χ3n) is 2.90. The Labute approximate surface area is 122 Å². The van der Waals surface area contributed by atoms with E-state index in [0.717, 1.165) is 29.4 Å². The van der Waals surface area contributed by atoms with Crippen molar-refractivity contribution in [2.24, 2.45) is 12.8 Å². The van der Waals surface area contributed by atoms with Crippen LogP contribution in [0, 0.1) is 0 Å². The van der Waals surface area contributed by atoms with Gasteiger partial charge in [-0.15, -0.1) is 11.3 Å². The van der Waals surface area contributed by atoms with Gasteiger partial charge in [0.15, 0.2) is 0 Å². The average Bonchev–Trinajstić information content (AvgIpc) is 3.03. The van der Waals surface area contributed by atoms with E-state index in [0.29, 0.717) is 19.5 Å². The Balaban J connectivity index is 1.79. The van der Waals surface area contributed by atoms with Gasteiger partial charge in [0.05, 0.1) is 23.7 Å². The summed E-state index contributed by atoms with van der Waals surface area (Å²) in [6.45, 7) is 1.10. The van der Waals surface area contributed by atoms with Crippen molar-refractivity contribution in [2.75, 3.05) is 6.54 Å². The van der Waals surface area contributed by atoms with Crippen molar-refractivity contribution in [3.05, 3.63) is 34.3 Å². The second-order valence-electron chi connectivity index (χ2n) is 4.53. The lowest BCUT2D eigenvalue weighted by molar-refractivity contribution is -0.120. The standard InChI is InChI=1S/C13H19N5OS/c1-18-6-5-15-11(18)8-16-12(19)7-10-9-20-13(17-10)3-2-4-14/h5-6,9H,2-4,7-8,14H2,1H3,(H,16,19). The van der Waals surface area contributed by atoms with E-state index in [-0.39, 0.29) is 5.91 Å². The molecule has 7 heteroatoms. The molecule has 0 bridgehead atoms. The van der Waals surface area contributed by atoms with E-state index in [1.54, 1.807) is 17.5 Å². The SMILES string of the molecule is Cn1ccnc1CNC(=O)Cc1csc(CCCN)n1. The summed E-state index contributed by atoms with van der Waals surface area (Å²) < 4.78 is 1.88. The Hall–Kier alpha value is -1.73. The van der Waals surface area contributed by atoms with Gasteiger partial charge in [-0.3, -0.25) is 4.79 Å². The molecule has 0 radical (unpaired) electrons. The summed E-state index contributed by atoms with van der Waals surface area (Å²) in [5.41, 5.74) is 6.29. The topological polar surface area (TPSA) is 85.8 Å². The predicted octanol–water partition coefficient (Wildman–Crippen LogP) is 0.627. The fraction of sp³-hybridized carbons (Fsp3) is 0.462. The molecule has 2 rings (SSSR count). The predicted molar refractivity (Wildman–Crippen MR) is 78.2 cm³/mol. The van der Waals surface area contributed by atoms with Crippen molar-refractivity contribution in [1.29, 1.82) is 0 Å². The van der Waals surface area contributed by atoms with Crippen molar-refractivity contribution in [1.82, 2.24) is 19.9 Å². The van der Waals surface area contributed by atoms with E-state index in [2.05, 4.69) is 15.3 Å². The lowest BCUT2D eigenvalue weighted by atomic mass is 10.3. The number of aryl methyl sites for hydroxylation is 2. The Bertz CT molecular complexity index is 563. The van der Waals surface area contributed by atoms with Crippen LogP contribution in [0.3, 0.4) is 0 Å². The molecule has 0 aliphatic heterocycles. The zero-order valence-electron chi connectivity index (χ0n) is 11.5. The Kier molecular flexibility index (Phi) is 5.25. The van der Waals surface area contributed by atoms with E-state index in [1.165, 1.54) is 0 Å². The summed E-state index contributed by atoms with van der Waals surface area (Å²) in [5.74, 6) is 0.795. The second-order valence-corrected chi connectivity index (χ2v) is 5.48. The highest BCUT2D eigenvalue weighted by Gasteiger charge is 2.08. The van der Waals surface area contributed by atoms with Crippen molar-refractivity contribution >= 4 is 17.2 Å². The molecule has 0 spiro atoms. The number of rotatable bonds is 7. The first-order valence-electron chi connectivity index (χ1n) is 6.55. The highest BCUT2D eigenvalue weighted by molar-refractivity contribution is 7.09. The van der Waals surface area contributed by atoms with Gasteiger partial charge in [0.1, 0.15) is 5.82 Å². The molecule has 0 unspecified atom stereocenters. The molecule has 3 N–H and O–H groups in total.